The Hall–Kier alpha value is -0.930. The van der Waals surface area contributed by atoms with Crippen LogP contribution in [0.3, 0.4) is 0 Å². The molecular formula is C15H19Cl2NO2. The first-order valence-corrected chi connectivity index (χ1v) is 7.35. The maximum atomic E-state index is 12.3. The van der Waals surface area contributed by atoms with Crippen molar-refractivity contribution in [3.8, 4) is 5.75 Å². The van der Waals surface area contributed by atoms with Crippen molar-refractivity contribution in [1.29, 1.82) is 0 Å². The molecule has 0 aliphatic heterocycles. The van der Waals surface area contributed by atoms with Gasteiger partial charge in [0.15, 0.2) is 0 Å². The molecule has 1 fully saturated rings. The molecule has 1 atom stereocenters. The number of carbonyl (C=O) groups is 1. The Morgan fingerprint density at radius 1 is 1.40 bits per heavy atom. The van der Waals surface area contributed by atoms with Gasteiger partial charge in [-0.3, -0.25) is 4.79 Å². The molecule has 110 valence electrons. The number of alkyl halides is 2. The third kappa shape index (κ3) is 2.89. The second-order valence-electron chi connectivity index (χ2n) is 5.55. The monoisotopic (exact) mass is 315 g/mol. The van der Waals surface area contributed by atoms with Crippen LogP contribution in [0, 0.1) is 12.3 Å². The fourth-order valence-corrected chi connectivity index (χ4v) is 2.86. The predicted octanol–water partition coefficient (Wildman–Crippen LogP) is 3.42. The number of amides is 1. The van der Waals surface area contributed by atoms with Crippen LogP contribution < -0.4 is 4.74 Å². The molecule has 0 saturated heterocycles. The quantitative estimate of drug-likeness (QED) is 0.779. The third-order valence-corrected chi connectivity index (χ3v) is 4.96. The standard InChI is InChI=1S/C15H19Cl2NO2/c1-11-6-4-5-7-12(11)20-9-8-18(3)13(19)14(2)10-15(14,16)17/h4-7H,8-10H2,1-3H3. The first-order valence-electron chi connectivity index (χ1n) is 6.60. The van der Waals surface area contributed by atoms with Gasteiger partial charge in [0.25, 0.3) is 0 Å². The Balaban J connectivity index is 1.83. The van der Waals surface area contributed by atoms with Crippen molar-refractivity contribution < 1.29 is 9.53 Å². The summed E-state index contributed by atoms with van der Waals surface area (Å²) in [6, 6.07) is 7.80. The number of benzene rings is 1. The van der Waals surface area contributed by atoms with Crippen LogP contribution in [0.5, 0.6) is 5.75 Å². The van der Waals surface area contributed by atoms with Crippen LogP contribution in [-0.2, 0) is 4.79 Å². The molecule has 1 aliphatic rings. The number of para-hydroxylation sites is 1. The summed E-state index contributed by atoms with van der Waals surface area (Å²) in [6.07, 6.45) is 0.505. The van der Waals surface area contributed by atoms with Crippen LogP contribution in [0.15, 0.2) is 24.3 Å². The van der Waals surface area contributed by atoms with Crippen LogP contribution in [-0.4, -0.2) is 35.3 Å². The van der Waals surface area contributed by atoms with E-state index in [9.17, 15) is 4.79 Å². The van der Waals surface area contributed by atoms with E-state index in [0.717, 1.165) is 11.3 Å². The van der Waals surface area contributed by atoms with Crippen molar-refractivity contribution in [2.45, 2.75) is 24.6 Å². The molecule has 20 heavy (non-hydrogen) atoms. The van der Waals surface area contributed by atoms with Gasteiger partial charge in [-0.25, -0.2) is 0 Å². The summed E-state index contributed by atoms with van der Waals surface area (Å²) < 4.78 is 4.76. The molecule has 1 aromatic carbocycles. The summed E-state index contributed by atoms with van der Waals surface area (Å²) in [4.78, 5) is 13.9. The maximum absolute atomic E-state index is 12.3. The van der Waals surface area contributed by atoms with Gasteiger partial charge in [0.2, 0.25) is 5.91 Å². The van der Waals surface area contributed by atoms with E-state index < -0.39 is 9.75 Å². The summed E-state index contributed by atoms with van der Waals surface area (Å²) in [7, 11) is 1.75. The minimum atomic E-state index is -0.921. The molecule has 1 amide bonds. The van der Waals surface area contributed by atoms with Crippen LogP contribution in [0.2, 0.25) is 0 Å². The lowest BCUT2D eigenvalue weighted by molar-refractivity contribution is -0.135. The Kier molecular flexibility index (Phi) is 4.22. The molecule has 0 radical (unpaired) electrons. The van der Waals surface area contributed by atoms with Crippen LogP contribution in [0.1, 0.15) is 18.9 Å². The topological polar surface area (TPSA) is 29.5 Å². The lowest BCUT2D eigenvalue weighted by Crippen LogP contribution is -2.37. The predicted molar refractivity (Wildman–Crippen MR) is 81.5 cm³/mol. The van der Waals surface area contributed by atoms with E-state index in [4.69, 9.17) is 27.9 Å². The summed E-state index contributed by atoms with van der Waals surface area (Å²) in [6.45, 7) is 4.74. The van der Waals surface area contributed by atoms with E-state index in [1.165, 1.54) is 0 Å². The Morgan fingerprint density at radius 3 is 2.55 bits per heavy atom. The van der Waals surface area contributed by atoms with Crippen LogP contribution in [0.25, 0.3) is 0 Å². The van der Waals surface area contributed by atoms with E-state index in [-0.39, 0.29) is 5.91 Å². The fraction of sp³-hybridized carbons (Fsp3) is 0.533. The molecule has 0 heterocycles. The van der Waals surface area contributed by atoms with E-state index in [1.54, 1.807) is 18.9 Å². The molecule has 3 nitrogen and oxygen atoms in total. The lowest BCUT2D eigenvalue weighted by Gasteiger charge is -2.22. The van der Waals surface area contributed by atoms with Gasteiger partial charge < -0.3 is 9.64 Å². The van der Waals surface area contributed by atoms with E-state index in [0.29, 0.717) is 19.6 Å². The SMILES string of the molecule is Cc1ccccc1OCCN(C)C(=O)C1(C)CC1(Cl)Cl. The summed E-state index contributed by atoms with van der Waals surface area (Å²) in [5.41, 5.74) is 0.421. The number of halogens is 2. The average molecular weight is 316 g/mol. The normalized spacial score (nSPS) is 23.2. The zero-order valence-electron chi connectivity index (χ0n) is 12.0. The number of aryl methyl sites for hydroxylation is 1. The van der Waals surface area contributed by atoms with Crippen LogP contribution >= 0.6 is 23.2 Å². The first kappa shape index (κ1) is 15.5. The van der Waals surface area contributed by atoms with Crippen molar-refractivity contribution >= 4 is 29.1 Å². The summed E-state index contributed by atoms with van der Waals surface area (Å²) in [5.74, 6) is 0.811. The number of likely N-dealkylation sites (N-methyl/N-ethyl adjacent to an activating group) is 1. The number of hydrogen-bond donors (Lipinski definition) is 0. The van der Waals surface area contributed by atoms with Crippen LogP contribution in [0.4, 0.5) is 0 Å². The minimum absolute atomic E-state index is 0.0316. The number of rotatable bonds is 5. The van der Waals surface area contributed by atoms with Crippen molar-refractivity contribution in [3.05, 3.63) is 29.8 Å². The number of hydrogen-bond acceptors (Lipinski definition) is 2. The Labute approximate surface area is 129 Å². The third-order valence-electron chi connectivity index (χ3n) is 3.85. The van der Waals surface area contributed by atoms with Gasteiger partial charge in [-0.1, -0.05) is 18.2 Å². The van der Waals surface area contributed by atoms with Gasteiger partial charge in [-0.05, 0) is 31.9 Å². The highest BCUT2D eigenvalue weighted by Gasteiger charge is 2.68. The van der Waals surface area contributed by atoms with Gasteiger partial charge in [0.05, 0.1) is 12.0 Å². The number of carbonyl (C=O) groups excluding carboxylic acids is 1. The molecule has 1 unspecified atom stereocenters. The van der Waals surface area contributed by atoms with Gasteiger partial charge in [-0.2, -0.15) is 0 Å². The highest BCUT2D eigenvalue weighted by Crippen LogP contribution is 2.64. The van der Waals surface area contributed by atoms with Gasteiger partial charge in [-0.15, -0.1) is 23.2 Å². The average Bonchev–Trinajstić information content (AvgIpc) is 2.91. The minimum Gasteiger partial charge on any atom is -0.491 e. The van der Waals surface area contributed by atoms with Crippen molar-refractivity contribution in [1.82, 2.24) is 4.90 Å². The molecule has 0 spiro atoms. The zero-order chi connectivity index (χ0) is 15.0. The van der Waals surface area contributed by atoms with Crippen molar-refractivity contribution in [3.63, 3.8) is 0 Å². The fourth-order valence-electron chi connectivity index (χ4n) is 2.17. The number of ether oxygens (including phenoxy) is 1. The molecule has 5 heteroatoms. The summed E-state index contributed by atoms with van der Waals surface area (Å²) in [5, 5.41) is 0. The highest BCUT2D eigenvalue weighted by molar-refractivity contribution is 6.53. The van der Waals surface area contributed by atoms with Crippen molar-refractivity contribution in [2.75, 3.05) is 20.2 Å². The van der Waals surface area contributed by atoms with E-state index in [2.05, 4.69) is 0 Å². The lowest BCUT2D eigenvalue weighted by atomic mass is 10.1. The highest BCUT2D eigenvalue weighted by atomic mass is 35.5. The van der Waals surface area contributed by atoms with E-state index >= 15 is 0 Å². The Bertz CT molecular complexity index is 518. The molecule has 0 bridgehead atoms. The van der Waals surface area contributed by atoms with Crippen molar-refractivity contribution in [2.24, 2.45) is 5.41 Å². The summed E-state index contributed by atoms with van der Waals surface area (Å²) >= 11 is 12.0. The Morgan fingerprint density at radius 2 is 2.00 bits per heavy atom. The molecule has 0 N–H and O–H groups in total. The molecular weight excluding hydrogens is 297 g/mol. The van der Waals surface area contributed by atoms with Gasteiger partial charge >= 0.3 is 0 Å². The second-order valence-corrected chi connectivity index (χ2v) is 7.04. The molecule has 2 rings (SSSR count). The van der Waals surface area contributed by atoms with Gasteiger partial charge in [0, 0.05) is 7.05 Å². The maximum Gasteiger partial charge on any atom is 0.231 e. The molecule has 1 saturated carbocycles. The zero-order valence-corrected chi connectivity index (χ0v) is 13.5. The van der Waals surface area contributed by atoms with Gasteiger partial charge in [0.1, 0.15) is 16.7 Å². The van der Waals surface area contributed by atoms with E-state index in [1.807, 2.05) is 31.2 Å². The molecule has 1 aromatic rings. The first-order chi connectivity index (χ1) is 9.28. The molecule has 0 aromatic heterocycles. The second kappa shape index (κ2) is 5.45. The molecule has 1 aliphatic carbocycles. The number of nitrogens with zero attached hydrogens (tertiary/aromatic N) is 1. The largest absolute Gasteiger partial charge is 0.491 e. The smallest absolute Gasteiger partial charge is 0.231 e.